The fraction of sp³-hybridized carbons (Fsp3) is 0.265. The summed E-state index contributed by atoms with van der Waals surface area (Å²) in [6.07, 6.45) is 1.34. The topological polar surface area (TPSA) is 246 Å². The van der Waals surface area contributed by atoms with Gasteiger partial charge in [0.15, 0.2) is 5.75 Å². The first kappa shape index (κ1) is 36.7. The second kappa shape index (κ2) is 17.3. The number of benzene rings is 3. The van der Waals surface area contributed by atoms with E-state index < -0.39 is 34.7 Å². The molecule has 0 saturated carbocycles. The minimum absolute atomic E-state index is 0.00576. The minimum atomic E-state index is -0.928. The summed E-state index contributed by atoms with van der Waals surface area (Å²) < 4.78 is 26.3. The van der Waals surface area contributed by atoms with Crippen molar-refractivity contribution in [2.45, 2.75) is 19.3 Å². The van der Waals surface area contributed by atoms with E-state index >= 15 is 0 Å². The Morgan fingerprint density at radius 1 is 0.900 bits per heavy atom. The molecule has 0 aliphatic rings. The Kier molecular flexibility index (Phi) is 12.7. The van der Waals surface area contributed by atoms with Crippen molar-refractivity contribution in [3.63, 3.8) is 0 Å². The highest BCUT2D eigenvalue weighted by Gasteiger charge is 2.20. The molecule has 7 N–H and O–H groups in total. The number of fused-ring (bicyclic) bond motifs is 1. The van der Waals surface area contributed by atoms with Crippen LogP contribution >= 0.6 is 0 Å². The highest BCUT2D eigenvalue weighted by atomic mass is 16.5. The summed E-state index contributed by atoms with van der Waals surface area (Å²) in [6, 6.07) is 11.0. The van der Waals surface area contributed by atoms with Crippen molar-refractivity contribution in [2.24, 2.45) is 5.73 Å². The minimum Gasteiger partial charge on any atom is -0.508 e. The molecule has 0 atom stereocenters. The van der Waals surface area contributed by atoms with Crippen molar-refractivity contribution in [2.75, 3.05) is 45.4 Å². The van der Waals surface area contributed by atoms with Crippen LogP contribution in [0.1, 0.15) is 29.6 Å². The van der Waals surface area contributed by atoms with Gasteiger partial charge in [-0.25, -0.2) is 0 Å². The van der Waals surface area contributed by atoms with Gasteiger partial charge >= 0.3 is 5.97 Å². The molecule has 3 aromatic carbocycles. The molecular weight excluding hydrogens is 658 g/mol. The van der Waals surface area contributed by atoms with E-state index in [0.29, 0.717) is 5.56 Å². The number of aromatic hydroxyl groups is 3. The summed E-state index contributed by atoms with van der Waals surface area (Å²) in [7, 11) is 1.30. The number of ether oxygens (including phenoxy) is 4. The van der Waals surface area contributed by atoms with Gasteiger partial charge in [0, 0.05) is 31.5 Å². The summed E-state index contributed by atoms with van der Waals surface area (Å²) in [5.74, 6) is -3.42. The summed E-state index contributed by atoms with van der Waals surface area (Å²) in [4.78, 5) is 61.1. The van der Waals surface area contributed by atoms with Gasteiger partial charge in [0.2, 0.25) is 17.2 Å². The molecule has 0 aliphatic carbocycles. The molecular formula is C34H35N3O13. The van der Waals surface area contributed by atoms with Crippen LogP contribution in [-0.4, -0.2) is 79.1 Å². The zero-order valence-electron chi connectivity index (χ0n) is 26.9. The molecule has 1 aromatic heterocycles. The molecule has 16 nitrogen and oxygen atoms in total. The first-order valence-electron chi connectivity index (χ1n) is 15.2. The number of rotatable bonds is 17. The Morgan fingerprint density at radius 3 is 2.36 bits per heavy atom. The van der Waals surface area contributed by atoms with Crippen molar-refractivity contribution in [3.8, 4) is 39.9 Å². The summed E-state index contributed by atoms with van der Waals surface area (Å²) in [5, 5.41) is 35.2. The van der Waals surface area contributed by atoms with Crippen LogP contribution in [0.25, 0.3) is 22.1 Å². The molecule has 0 radical (unpaired) electrons. The van der Waals surface area contributed by atoms with Crippen LogP contribution in [0.4, 0.5) is 5.69 Å². The van der Waals surface area contributed by atoms with Crippen LogP contribution in [0, 0.1) is 0 Å². The predicted octanol–water partition coefficient (Wildman–Crippen LogP) is 2.55. The Morgan fingerprint density at radius 2 is 1.64 bits per heavy atom. The SMILES string of the molecule is COc1ccc(NC(=O)COCCOCCNC(=O)CCCC(=O)Oc2cc(O)c3c(=O)c(-c4ccc(O)cc4)coc3c2)c(O)c1C(N)=O. The zero-order chi connectivity index (χ0) is 36.2. The lowest BCUT2D eigenvalue weighted by atomic mass is 10.0. The fourth-order valence-electron chi connectivity index (χ4n) is 4.69. The van der Waals surface area contributed by atoms with Gasteiger partial charge in [-0.2, -0.15) is 0 Å². The molecule has 4 rings (SSSR count). The van der Waals surface area contributed by atoms with Crippen molar-refractivity contribution in [1.29, 1.82) is 0 Å². The van der Waals surface area contributed by atoms with Gasteiger partial charge in [-0.3, -0.25) is 24.0 Å². The van der Waals surface area contributed by atoms with Gasteiger partial charge in [-0.1, -0.05) is 12.1 Å². The average Bonchev–Trinajstić information content (AvgIpc) is 3.07. The van der Waals surface area contributed by atoms with E-state index in [0.717, 1.165) is 6.07 Å². The highest BCUT2D eigenvalue weighted by molar-refractivity contribution is 6.02. The number of hydrogen-bond donors (Lipinski definition) is 6. The van der Waals surface area contributed by atoms with Crippen LogP contribution in [0.2, 0.25) is 0 Å². The Bertz CT molecular complexity index is 1920. The molecule has 0 aliphatic heterocycles. The van der Waals surface area contributed by atoms with Crippen LogP contribution in [0.15, 0.2) is 64.0 Å². The largest absolute Gasteiger partial charge is 0.508 e. The lowest BCUT2D eigenvalue weighted by Gasteiger charge is -2.13. The highest BCUT2D eigenvalue weighted by Crippen LogP contribution is 2.34. The number of esters is 1. The molecule has 50 heavy (non-hydrogen) atoms. The molecule has 0 saturated heterocycles. The van der Waals surface area contributed by atoms with Crippen LogP contribution < -0.4 is 31.3 Å². The van der Waals surface area contributed by atoms with Crippen molar-refractivity contribution in [3.05, 3.63) is 70.6 Å². The molecule has 3 amide bonds. The van der Waals surface area contributed by atoms with Crippen LogP contribution in [-0.2, 0) is 23.9 Å². The third-order valence-corrected chi connectivity index (χ3v) is 7.08. The van der Waals surface area contributed by atoms with Crippen LogP contribution in [0.5, 0.6) is 28.7 Å². The molecule has 0 unspecified atom stereocenters. The Balaban J connectivity index is 1.09. The first-order valence-corrected chi connectivity index (χ1v) is 15.2. The molecule has 0 spiro atoms. The van der Waals surface area contributed by atoms with E-state index in [4.69, 9.17) is 29.1 Å². The first-order chi connectivity index (χ1) is 24.0. The quantitative estimate of drug-likeness (QED) is 0.0403. The van der Waals surface area contributed by atoms with Gasteiger partial charge in [0.05, 0.1) is 38.2 Å². The van der Waals surface area contributed by atoms with E-state index in [1.54, 1.807) is 0 Å². The maximum absolute atomic E-state index is 13.0. The molecule has 4 aromatic rings. The van der Waals surface area contributed by atoms with E-state index in [1.807, 2.05) is 0 Å². The Hall–Kier alpha value is -6.13. The van der Waals surface area contributed by atoms with E-state index in [2.05, 4.69) is 10.6 Å². The summed E-state index contributed by atoms with van der Waals surface area (Å²) in [6.45, 7) is 0.186. The molecule has 0 fully saturated rings. The van der Waals surface area contributed by atoms with Gasteiger partial charge in [0.25, 0.3) is 5.91 Å². The lowest BCUT2D eigenvalue weighted by molar-refractivity contribution is -0.134. The summed E-state index contributed by atoms with van der Waals surface area (Å²) >= 11 is 0. The number of methoxy groups -OCH3 is 1. The monoisotopic (exact) mass is 693 g/mol. The number of phenolic OH excluding ortho intramolecular Hbond substituents is 2. The zero-order valence-corrected chi connectivity index (χ0v) is 26.9. The second-order valence-electron chi connectivity index (χ2n) is 10.6. The molecule has 264 valence electrons. The van der Waals surface area contributed by atoms with E-state index in [9.17, 15) is 39.3 Å². The van der Waals surface area contributed by atoms with E-state index in [1.165, 1.54) is 55.8 Å². The van der Waals surface area contributed by atoms with E-state index in [-0.39, 0.29) is 103 Å². The van der Waals surface area contributed by atoms with Gasteiger partial charge in [-0.15, -0.1) is 0 Å². The number of amides is 3. The third kappa shape index (κ3) is 9.71. The second-order valence-corrected chi connectivity index (χ2v) is 10.6. The number of phenols is 3. The average molecular weight is 694 g/mol. The van der Waals surface area contributed by atoms with Gasteiger partial charge in [-0.05, 0) is 36.2 Å². The normalized spacial score (nSPS) is 10.8. The standard InChI is InChI=1S/C34H35N3O13/c1-46-25-10-9-23(33(44)31(25)34(35)45)37-28(41)18-48-14-13-47-12-11-36-27(40)3-2-4-29(42)50-21-15-24(39)30-26(16-21)49-17-22(32(30)43)19-5-7-20(38)8-6-19/h5-10,15-17,38-39,44H,2-4,11-14,18H2,1H3,(H2,35,45)(H,36,40)(H,37,41). The van der Waals surface area contributed by atoms with Crippen molar-refractivity contribution < 1.29 is 57.9 Å². The molecule has 0 bridgehead atoms. The lowest BCUT2D eigenvalue weighted by Crippen LogP contribution is -2.27. The number of hydrogen-bond acceptors (Lipinski definition) is 13. The number of anilines is 1. The number of nitrogens with one attached hydrogen (secondary N) is 2. The molecule has 16 heteroatoms. The van der Waals surface area contributed by atoms with Crippen molar-refractivity contribution in [1.82, 2.24) is 5.32 Å². The number of primary amides is 1. The van der Waals surface area contributed by atoms with Crippen LogP contribution in [0.3, 0.4) is 0 Å². The van der Waals surface area contributed by atoms with Gasteiger partial charge in [0.1, 0.15) is 52.4 Å². The maximum Gasteiger partial charge on any atom is 0.311 e. The number of nitrogens with two attached hydrogens (primary N) is 1. The Labute approximate surface area is 284 Å². The smallest absolute Gasteiger partial charge is 0.311 e. The third-order valence-electron chi connectivity index (χ3n) is 7.08. The number of carbonyl (C=O) groups is 4. The van der Waals surface area contributed by atoms with Crippen molar-refractivity contribution >= 4 is 40.3 Å². The number of carbonyl (C=O) groups excluding carboxylic acids is 4. The predicted molar refractivity (Wildman–Crippen MR) is 177 cm³/mol. The summed E-state index contributed by atoms with van der Waals surface area (Å²) in [5.41, 5.74) is 5.10. The molecule has 1 heterocycles. The van der Waals surface area contributed by atoms with Gasteiger partial charge < -0.3 is 55.1 Å². The fourth-order valence-corrected chi connectivity index (χ4v) is 4.69. The maximum atomic E-state index is 13.0.